The van der Waals surface area contributed by atoms with Crippen LogP contribution in [-0.4, -0.2) is 51.7 Å². The van der Waals surface area contributed by atoms with Gasteiger partial charge in [0, 0.05) is 13.0 Å². The minimum atomic E-state index is -0.857. The molecule has 4 rings (SSSR count). The van der Waals surface area contributed by atoms with Crippen LogP contribution in [0.2, 0.25) is 0 Å². The minimum absolute atomic E-state index is 0.173. The summed E-state index contributed by atoms with van der Waals surface area (Å²) in [6, 6.07) is 5.30. The number of ether oxygens (including phenoxy) is 3. The van der Waals surface area contributed by atoms with Gasteiger partial charge in [0.1, 0.15) is 30.4 Å². The second-order valence-electron chi connectivity index (χ2n) is 6.25. The van der Waals surface area contributed by atoms with E-state index in [1.165, 1.54) is 10.8 Å². The van der Waals surface area contributed by atoms with Crippen LogP contribution in [0, 0.1) is 0 Å². The van der Waals surface area contributed by atoms with Crippen LogP contribution in [0.1, 0.15) is 12.6 Å². The standard InChI is InChI=1S/C17H20N4O6/c18-4-5-25-10-2-1-3-11-15(10)19-16-12(26-11)7-21(17(24)20-16)14-6-9(23)13(8-22)27-14/h1-3,7,9,13-14,22-23H,4-6,8,18H2,(H,19,20,24)/t9-,13+,14+/m0/s1. The van der Waals surface area contributed by atoms with Crippen molar-refractivity contribution < 1.29 is 24.4 Å². The summed E-state index contributed by atoms with van der Waals surface area (Å²) in [5, 5.41) is 22.2. The Morgan fingerprint density at radius 1 is 1.41 bits per heavy atom. The molecule has 0 unspecified atom stereocenters. The Labute approximate surface area is 154 Å². The molecule has 1 fully saturated rings. The molecule has 0 bridgehead atoms. The van der Waals surface area contributed by atoms with Crippen molar-refractivity contribution in [1.82, 2.24) is 9.55 Å². The number of para-hydroxylation sites is 1. The van der Waals surface area contributed by atoms with Crippen molar-refractivity contribution in [2.24, 2.45) is 5.73 Å². The van der Waals surface area contributed by atoms with Gasteiger partial charge in [-0.25, -0.2) is 4.79 Å². The van der Waals surface area contributed by atoms with Crippen molar-refractivity contribution in [2.45, 2.75) is 24.9 Å². The number of hydrogen-bond acceptors (Lipinski definition) is 9. The van der Waals surface area contributed by atoms with Gasteiger partial charge in [-0.3, -0.25) is 4.57 Å². The number of hydrogen-bond donors (Lipinski definition) is 4. The van der Waals surface area contributed by atoms with Gasteiger partial charge in [0.25, 0.3) is 0 Å². The van der Waals surface area contributed by atoms with E-state index >= 15 is 0 Å². The van der Waals surface area contributed by atoms with Crippen molar-refractivity contribution in [3.63, 3.8) is 0 Å². The van der Waals surface area contributed by atoms with Gasteiger partial charge in [0.15, 0.2) is 17.3 Å². The molecule has 144 valence electrons. The van der Waals surface area contributed by atoms with E-state index in [1.807, 2.05) is 0 Å². The van der Waals surface area contributed by atoms with Crippen LogP contribution in [0.3, 0.4) is 0 Å². The van der Waals surface area contributed by atoms with Crippen LogP contribution in [-0.2, 0) is 4.74 Å². The topological polar surface area (TPSA) is 141 Å². The molecule has 1 aromatic carbocycles. The molecule has 2 aliphatic heterocycles. The van der Waals surface area contributed by atoms with Crippen molar-refractivity contribution in [2.75, 3.05) is 25.1 Å². The third-order valence-electron chi connectivity index (χ3n) is 4.44. The minimum Gasteiger partial charge on any atom is -0.490 e. The van der Waals surface area contributed by atoms with Crippen LogP contribution < -0.4 is 26.2 Å². The lowest BCUT2D eigenvalue weighted by molar-refractivity contribution is -0.0459. The summed E-state index contributed by atoms with van der Waals surface area (Å²) in [4.78, 5) is 16.5. The molecular formula is C17H20N4O6. The van der Waals surface area contributed by atoms with Gasteiger partial charge in [-0.2, -0.15) is 4.98 Å². The fourth-order valence-corrected chi connectivity index (χ4v) is 3.12. The fraction of sp³-hybridized carbons (Fsp3) is 0.412. The maximum absolute atomic E-state index is 12.4. The first-order valence-corrected chi connectivity index (χ1v) is 8.59. The Balaban J connectivity index is 1.64. The second-order valence-corrected chi connectivity index (χ2v) is 6.25. The third-order valence-corrected chi connectivity index (χ3v) is 4.44. The van der Waals surface area contributed by atoms with E-state index in [0.717, 1.165) is 0 Å². The Bertz CT molecular complexity index is 901. The van der Waals surface area contributed by atoms with E-state index in [9.17, 15) is 15.0 Å². The molecule has 0 aliphatic carbocycles. The average molecular weight is 376 g/mol. The molecule has 3 atom stereocenters. The van der Waals surface area contributed by atoms with Crippen LogP contribution >= 0.6 is 0 Å². The lowest BCUT2D eigenvalue weighted by atomic mass is 10.2. The van der Waals surface area contributed by atoms with Crippen molar-refractivity contribution in [1.29, 1.82) is 0 Å². The van der Waals surface area contributed by atoms with Gasteiger partial charge in [-0.15, -0.1) is 0 Å². The van der Waals surface area contributed by atoms with Crippen LogP contribution in [0.5, 0.6) is 17.2 Å². The highest BCUT2D eigenvalue weighted by Gasteiger charge is 2.36. The van der Waals surface area contributed by atoms with Crippen molar-refractivity contribution in [3.05, 3.63) is 34.9 Å². The van der Waals surface area contributed by atoms with E-state index in [2.05, 4.69) is 10.3 Å². The molecule has 3 heterocycles. The summed E-state index contributed by atoms with van der Waals surface area (Å²) in [5.41, 5.74) is 5.48. The highest BCUT2D eigenvalue weighted by Crippen LogP contribution is 2.45. The summed E-state index contributed by atoms with van der Waals surface area (Å²) in [7, 11) is 0. The number of benzene rings is 1. The first kappa shape index (κ1) is 17.7. The molecule has 2 aliphatic rings. The fourth-order valence-electron chi connectivity index (χ4n) is 3.12. The number of rotatable bonds is 5. The first-order valence-electron chi connectivity index (χ1n) is 8.59. The summed E-state index contributed by atoms with van der Waals surface area (Å²) < 4.78 is 18.2. The van der Waals surface area contributed by atoms with Crippen LogP contribution in [0.25, 0.3) is 0 Å². The van der Waals surface area contributed by atoms with E-state index in [1.54, 1.807) is 18.2 Å². The maximum atomic E-state index is 12.4. The molecule has 1 saturated heterocycles. The lowest BCUT2D eigenvalue weighted by Gasteiger charge is -2.24. The smallest absolute Gasteiger partial charge is 0.351 e. The zero-order chi connectivity index (χ0) is 19.0. The number of nitrogens with one attached hydrogen (secondary N) is 1. The van der Waals surface area contributed by atoms with Crippen LogP contribution in [0.15, 0.2) is 29.2 Å². The molecule has 10 nitrogen and oxygen atoms in total. The highest BCUT2D eigenvalue weighted by molar-refractivity contribution is 5.77. The van der Waals surface area contributed by atoms with Gasteiger partial charge in [0.05, 0.1) is 18.9 Å². The predicted octanol–water partition coefficient (Wildman–Crippen LogP) is 0.0708. The second kappa shape index (κ2) is 7.16. The van der Waals surface area contributed by atoms with Gasteiger partial charge < -0.3 is 35.5 Å². The Morgan fingerprint density at radius 2 is 2.26 bits per heavy atom. The van der Waals surface area contributed by atoms with Crippen molar-refractivity contribution >= 4 is 11.5 Å². The molecule has 0 radical (unpaired) electrons. The number of anilines is 2. The van der Waals surface area contributed by atoms with E-state index in [-0.39, 0.29) is 18.8 Å². The molecule has 0 saturated carbocycles. The summed E-state index contributed by atoms with van der Waals surface area (Å²) in [6.45, 7) is 0.376. The summed E-state index contributed by atoms with van der Waals surface area (Å²) >= 11 is 0. The maximum Gasteiger partial charge on any atom is 0.351 e. The van der Waals surface area contributed by atoms with E-state index in [4.69, 9.17) is 19.9 Å². The van der Waals surface area contributed by atoms with Crippen molar-refractivity contribution in [3.8, 4) is 17.2 Å². The number of aromatic nitrogens is 2. The molecule has 2 aromatic rings. The molecule has 5 N–H and O–H groups in total. The molecule has 1 aromatic heterocycles. The zero-order valence-corrected chi connectivity index (χ0v) is 14.4. The Hall–Kier alpha value is -2.66. The average Bonchev–Trinajstić information content (AvgIpc) is 3.04. The first-order chi connectivity index (χ1) is 13.1. The molecular weight excluding hydrogens is 356 g/mol. The third kappa shape index (κ3) is 3.23. The number of nitrogens with zero attached hydrogens (tertiary/aromatic N) is 2. The zero-order valence-electron chi connectivity index (χ0n) is 14.4. The number of fused-ring (bicyclic) bond motifs is 2. The largest absolute Gasteiger partial charge is 0.490 e. The normalized spacial score (nSPS) is 23.1. The molecule has 0 amide bonds. The SMILES string of the molecule is NCCOc1cccc2c1Nc1nc(=O)n([C@H]3C[C@H](O)[C@@H](CO)O3)cc1O2. The number of nitrogens with two attached hydrogens (primary N) is 1. The van der Waals surface area contributed by atoms with Gasteiger partial charge in [-0.1, -0.05) is 6.07 Å². The van der Waals surface area contributed by atoms with Gasteiger partial charge in [-0.05, 0) is 12.1 Å². The van der Waals surface area contributed by atoms with Gasteiger partial charge >= 0.3 is 5.69 Å². The summed E-state index contributed by atoms with van der Waals surface area (Å²) in [5.74, 6) is 1.65. The molecule has 27 heavy (non-hydrogen) atoms. The Morgan fingerprint density at radius 3 is 3.00 bits per heavy atom. The monoisotopic (exact) mass is 376 g/mol. The molecule has 0 spiro atoms. The lowest BCUT2D eigenvalue weighted by Crippen LogP contribution is -2.29. The van der Waals surface area contributed by atoms with E-state index in [0.29, 0.717) is 36.1 Å². The predicted molar refractivity (Wildman–Crippen MR) is 94.5 cm³/mol. The number of aliphatic hydroxyl groups is 2. The summed E-state index contributed by atoms with van der Waals surface area (Å²) in [6.07, 6.45) is -0.672. The Kier molecular flexibility index (Phi) is 4.70. The number of aliphatic hydroxyl groups excluding tert-OH is 2. The van der Waals surface area contributed by atoms with Crippen LogP contribution in [0.4, 0.5) is 11.5 Å². The quantitative estimate of drug-likeness (QED) is 0.487. The van der Waals surface area contributed by atoms with E-state index < -0.39 is 24.1 Å². The van der Waals surface area contributed by atoms with Gasteiger partial charge in [0.2, 0.25) is 0 Å². The highest BCUT2D eigenvalue weighted by atomic mass is 16.5. The molecule has 10 heteroatoms.